The molecule has 0 spiro atoms. The molecule has 0 aliphatic carbocycles. The second kappa shape index (κ2) is 9.42. The zero-order chi connectivity index (χ0) is 22.8. The third kappa shape index (κ3) is 4.56. The Kier molecular flexibility index (Phi) is 6.62. The van der Waals surface area contributed by atoms with Gasteiger partial charge in [-0.2, -0.15) is 4.98 Å². The van der Waals surface area contributed by atoms with Gasteiger partial charge >= 0.3 is 0 Å². The maximum Gasteiger partial charge on any atom is 0.258 e. The average Bonchev–Trinajstić information content (AvgIpc) is 3.26. The van der Waals surface area contributed by atoms with Gasteiger partial charge in [-0.3, -0.25) is 0 Å². The van der Waals surface area contributed by atoms with E-state index in [2.05, 4.69) is 64.7 Å². The molecule has 0 fully saturated rings. The molecule has 1 unspecified atom stereocenters. The topological polar surface area (TPSA) is 54.2 Å². The van der Waals surface area contributed by atoms with Crippen LogP contribution in [0.2, 0.25) is 0 Å². The van der Waals surface area contributed by atoms with Gasteiger partial charge in [0.05, 0.1) is 11.6 Å². The third-order valence-electron chi connectivity index (χ3n) is 5.33. The van der Waals surface area contributed by atoms with E-state index in [9.17, 15) is 4.39 Å². The molecule has 8 heteroatoms. The Bertz CT molecular complexity index is 1160. The summed E-state index contributed by atoms with van der Waals surface area (Å²) in [5, 5.41) is 8.27. The Labute approximate surface area is 197 Å². The first-order chi connectivity index (χ1) is 15.4. The zero-order valence-electron chi connectivity index (χ0n) is 18.4. The molecular formula is C24H25FN4OS2. The number of benzene rings is 2. The molecule has 1 atom stereocenters. The fourth-order valence-corrected chi connectivity index (χ4v) is 4.51. The van der Waals surface area contributed by atoms with Crippen molar-refractivity contribution < 1.29 is 8.91 Å². The van der Waals surface area contributed by atoms with Gasteiger partial charge in [-0.1, -0.05) is 43.3 Å². The van der Waals surface area contributed by atoms with E-state index < -0.39 is 0 Å². The lowest BCUT2D eigenvalue weighted by molar-refractivity contribution is 0.386. The minimum Gasteiger partial charge on any atom is -0.351 e. The van der Waals surface area contributed by atoms with E-state index >= 15 is 0 Å². The van der Waals surface area contributed by atoms with Gasteiger partial charge in [-0.15, -0.1) is 11.8 Å². The van der Waals surface area contributed by atoms with Crippen molar-refractivity contribution in [2.75, 3.05) is 12.8 Å². The van der Waals surface area contributed by atoms with E-state index in [1.165, 1.54) is 17.0 Å². The zero-order valence-corrected chi connectivity index (χ0v) is 20.1. The number of hydrogen-bond donors (Lipinski definition) is 1. The van der Waals surface area contributed by atoms with Gasteiger partial charge in [0, 0.05) is 22.7 Å². The third-order valence-corrected chi connectivity index (χ3v) is 6.41. The number of allylic oxidation sites excluding steroid dienone is 1. The van der Waals surface area contributed by atoms with Crippen LogP contribution in [0.4, 0.5) is 4.39 Å². The molecule has 0 amide bonds. The molecule has 2 aromatic carbocycles. The summed E-state index contributed by atoms with van der Waals surface area (Å²) < 4.78 is 19.4. The van der Waals surface area contributed by atoms with Crippen molar-refractivity contribution in [1.82, 2.24) is 20.4 Å². The SMILES string of the molecule is CSc1ccc(C2NC(=S)N(CC(C)C)C(C)=C2c2nc(-c3cccc(F)c3)no2)cc1. The monoisotopic (exact) mass is 468 g/mol. The number of thioether (sulfide) groups is 1. The standard InChI is InChI=1S/C24H25FN4OS2/c1-14(2)13-29-15(3)20(21(26-24(29)31)16-8-10-19(32-4)11-9-16)23-27-22(28-30-23)17-6-5-7-18(25)12-17/h5-12,14,21H,13H2,1-4H3,(H,26,31). The molecule has 1 aliphatic rings. The van der Waals surface area contributed by atoms with Crippen molar-refractivity contribution in [3.8, 4) is 11.4 Å². The van der Waals surface area contributed by atoms with Crippen LogP contribution in [0.5, 0.6) is 0 Å². The summed E-state index contributed by atoms with van der Waals surface area (Å²) in [5.74, 6) is 0.807. The van der Waals surface area contributed by atoms with E-state index in [4.69, 9.17) is 16.7 Å². The lowest BCUT2D eigenvalue weighted by atomic mass is 9.94. The maximum atomic E-state index is 13.7. The van der Waals surface area contributed by atoms with Crippen molar-refractivity contribution in [2.24, 2.45) is 5.92 Å². The fourth-order valence-electron chi connectivity index (χ4n) is 3.77. The molecule has 0 saturated heterocycles. The summed E-state index contributed by atoms with van der Waals surface area (Å²) in [6, 6.07) is 14.3. The number of halogens is 1. The molecule has 0 radical (unpaired) electrons. The van der Waals surface area contributed by atoms with Crippen LogP contribution in [0, 0.1) is 11.7 Å². The number of nitrogens with zero attached hydrogens (tertiary/aromatic N) is 3. The van der Waals surface area contributed by atoms with Crippen molar-refractivity contribution in [1.29, 1.82) is 0 Å². The number of thiocarbonyl (C=S) groups is 1. The Balaban J connectivity index is 1.80. The van der Waals surface area contributed by atoms with Crippen LogP contribution in [0.25, 0.3) is 17.0 Å². The first kappa shape index (κ1) is 22.5. The molecule has 1 aliphatic heterocycles. The van der Waals surface area contributed by atoms with E-state index in [1.807, 2.05) is 6.92 Å². The molecule has 3 aromatic rings. The van der Waals surface area contributed by atoms with Crippen molar-refractivity contribution in [3.63, 3.8) is 0 Å². The van der Waals surface area contributed by atoms with E-state index in [0.29, 0.717) is 28.3 Å². The molecule has 2 heterocycles. The molecule has 1 aromatic heterocycles. The molecule has 32 heavy (non-hydrogen) atoms. The summed E-state index contributed by atoms with van der Waals surface area (Å²) >= 11 is 7.41. The van der Waals surface area contributed by atoms with Gasteiger partial charge in [0.15, 0.2) is 5.11 Å². The van der Waals surface area contributed by atoms with Crippen LogP contribution in [-0.2, 0) is 0 Å². The van der Waals surface area contributed by atoms with Gasteiger partial charge in [0.25, 0.3) is 5.89 Å². The van der Waals surface area contributed by atoms with Crippen molar-refractivity contribution >= 4 is 34.7 Å². The summed E-state index contributed by atoms with van der Waals surface area (Å²) in [6.45, 7) is 7.10. The van der Waals surface area contributed by atoms with E-state index in [1.54, 1.807) is 23.9 Å². The molecule has 4 rings (SSSR count). The van der Waals surface area contributed by atoms with Crippen LogP contribution in [0.1, 0.15) is 38.3 Å². The highest BCUT2D eigenvalue weighted by Gasteiger charge is 2.34. The molecule has 5 nitrogen and oxygen atoms in total. The predicted octanol–water partition coefficient (Wildman–Crippen LogP) is 5.92. The van der Waals surface area contributed by atoms with Gasteiger partial charge in [-0.05, 0) is 61.1 Å². The minimum atomic E-state index is -0.344. The first-order valence-corrected chi connectivity index (χ1v) is 12.0. The molecule has 1 N–H and O–H groups in total. The number of rotatable bonds is 6. The highest BCUT2D eigenvalue weighted by atomic mass is 32.2. The second-order valence-electron chi connectivity index (χ2n) is 8.09. The summed E-state index contributed by atoms with van der Waals surface area (Å²) in [6.07, 6.45) is 2.05. The Hall–Kier alpha value is -2.71. The highest BCUT2D eigenvalue weighted by molar-refractivity contribution is 7.98. The van der Waals surface area contributed by atoms with E-state index in [0.717, 1.165) is 23.4 Å². The highest BCUT2D eigenvalue weighted by Crippen LogP contribution is 2.38. The van der Waals surface area contributed by atoms with Crippen LogP contribution < -0.4 is 5.32 Å². The lowest BCUT2D eigenvalue weighted by Gasteiger charge is -2.38. The first-order valence-electron chi connectivity index (χ1n) is 10.4. The molecule has 166 valence electrons. The maximum absolute atomic E-state index is 13.7. The quantitative estimate of drug-likeness (QED) is 0.356. The van der Waals surface area contributed by atoms with Gasteiger partial charge in [0.1, 0.15) is 5.82 Å². The minimum absolute atomic E-state index is 0.234. The Morgan fingerprint density at radius 1 is 1.22 bits per heavy atom. The van der Waals surface area contributed by atoms with Crippen molar-refractivity contribution in [3.05, 3.63) is 71.5 Å². The number of hydrogen-bond acceptors (Lipinski definition) is 5. The summed E-state index contributed by atoms with van der Waals surface area (Å²) in [4.78, 5) is 7.89. The molecule has 0 bridgehead atoms. The smallest absolute Gasteiger partial charge is 0.258 e. The van der Waals surface area contributed by atoms with Crippen LogP contribution in [0.15, 0.2) is 63.6 Å². The van der Waals surface area contributed by atoms with E-state index in [-0.39, 0.29) is 11.9 Å². The fraction of sp³-hybridized carbons (Fsp3) is 0.292. The molecular weight excluding hydrogens is 443 g/mol. The van der Waals surface area contributed by atoms with Gasteiger partial charge in [0.2, 0.25) is 5.82 Å². The lowest BCUT2D eigenvalue weighted by Crippen LogP contribution is -2.47. The van der Waals surface area contributed by atoms with Crippen LogP contribution >= 0.6 is 24.0 Å². The summed E-state index contributed by atoms with van der Waals surface area (Å²) in [7, 11) is 0. The Morgan fingerprint density at radius 2 is 1.97 bits per heavy atom. The van der Waals surface area contributed by atoms with Crippen LogP contribution in [-0.4, -0.2) is 33.0 Å². The normalized spacial score (nSPS) is 16.6. The van der Waals surface area contributed by atoms with Crippen LogP contribution in [0.3, 0.4) is 0 Å². The number of aromatic nitrogens is 2. The average molecular weight is 469 g/mol. The van der Waals surface area contributed by atoms with Crippen molar-refractivity contribution in [2.45, 2.75) is 31.7 Å². The second-order valence-corrected chi connectivity index (χ2v) is 9.36. The molecule has 0 saturated carbocycles. The van der Waals surface area contributed by atoms with Gasteiger partial charge in [-0.25, -0.2) is 4.39 Å². The Morgan fingerprint density at radius 3 is 2.62 bits per heavy atom. The summed E-state index contributed by atoms with van der Waals surface area (Å²) in [5.41, 5.74) is 3.45. The predicted molar refractivity (Wildman–Crippen MR) is 131 cm³/mol. The number of nitrogens with one attached hydrogen (secondary N) is 1. The largest absolute Gasteiger partial charge is 0.351 e. The van der Waals surface area contributed by atoms with Gasteiger partial charge < -0.3 is 14.7 Å².